The van der Waals surface area contributed by atoms with E-state index in [1.807, 2.05) is 0 Å². The maximum Gasteiger partial charge on any atom is 0.340 e. The normalized spacial score (nSPS) is 22.3. The summed E-state index contributed by atoms with van der Waals surface area (Å²) in [5.41, 5.74) is 0.510. The van der Waals surface area contributed by atoms with Crippen LogP contribution < -0.4 is 5.32 Å². The van der Waals surface area contributed by atoms with Crippen molar-refractivity contribution in [2.24, 2.45) is 17.8 Å². The number of anilines is 1. The molecule has 9 nitrogen and oxygen atoms in total. The van der Waals surface area contributed by atoms with Gasteiger partial charge in [0.2, 0.25) is 11.8 Å². The van der Waals surface area contributed by atoms with E-state index in [9.17, 15) is 24.0 Å². The lowest BCUT2D eigenvalue weighted by Crippen LogP contribution is -2.36. The van der Waals surface area contributed by atoms with E-state index in [0.717, 1.165) is 24.2 Å². The average molecular weight is 487 g/mol. The first-order valence-corrected chi connectivity index (χ1v) is 12.2. The Morgan fingerprint density at radius 2 is 1.77 bits per heavy atom. The Hall–Kier alpha value is -3.23. The summed E-state index contributed by atoms with van der Waals surface area (Å²) in [6, 6.07) is 6.55. The number of nitrogens with one attached hydrogen (secondary N) is 1. The van der Waals surface area contributed by atoms with Gasteiger partial charge in [0.1, 0.15) is 6.10 Å². The number of hydrogen-bond acceptors (Lipinski definition) is 7. The van der Waals surface area contributed by atoms with Gasteiger partial charge in [-0.3, -0.25) is 24.1 Å². The molecule has 1 aliphatic heterocycles. The molecule has 1 aromatic rings. The van der Waals surface area contributed by atoms with Crippen molar-refractivity contribution in [1.29, 1.82) is 0 Å². The average Bonchev–Trinajstić information content (AvgIpc) is 3.13. The molecule has 3 rings (SSSR count). The molecule has 35 heavy (non-hydrogen) atoms. The molecule has 2 aliphatic rings. The Labute approximate surface area is 205 Å². The fourth-order valence-electron chi connectivity index (χ4n) is 4.70. The van der Waals surface area contributed by atoms with Crippen molar-refractivity contribution < 1.29 is 33.4 Å². The van der Waals surface area contributed by atoms with Gasteiger partial charge in [0, 0.05) is 19.4 Å². The van der Waals surface area contributed by atoms with Crippen LogP contribution in [0, 0.1) is 17.8 Å². The standard InChI is InChI=1S/C26H34N2O7/c1-16(2)18-9-8-17(3)14-21(18)35-26(33)19-6-4-5-7-20(19)27-22(29)15-34-25(32)12-13-28-23(30)10-11-24(28)31/h4-7,16-18,21H,8-15H2,1-3H3,(H,27,29). The zero-order chi connectivity index (χ0) is 25.5. The molecule has 0 radical (unpaired) electrons. The predicted octanol–water partition coefficient (Wildman–Crippen LogP) is 3.33. The van der Waals surface area contributed by atoms with E-state index < -0.39 is 24.5 Å². The van der Waals surface area contributed by atoms with Gasteiger partial charge in [-0.1, -0.05) is 39.3 Å². The fourth-order valence-corrected chi connectivity index (χ4v) is 4.70. The number of amides is 3. The molecule has 1 heterocycles. The minimum Gasteiger partial charge on any atom is -0.458 e. The maximum atomic E-state index is 13.0. The number of benzene rings is 1. The minimum atomic E-state index is -0.702. The molecule has 0 spiro atoms. The smallest absolute Gasteiger partial charge is 0.340 e. The summed E-state index contributed by atoms with van der Waals surface area (Å²) in [5, 5.41) is 2.60. The zero-order valence-electron chi connectivity index (χ0n) is 20.6. The lowest BCUT2D eigenvalue weighted by atomic mass is 9.75. The third-order valence-electron chi connectivity index (χ3n) is 6.70. The third-order valence-corrected chi connectivity index (χ3v) is 6.70. The summed E-state index contributed by atoms with van der Waals surface area (Å²) in [7, 11) is 0. The molecule has 2 fully saturated rings. The first kappa shape index (κ1) is 26.4. The Morgan fingerprint density at radius 1 is 1.09 bits per heavy atom. The molecule has 1 saturated carbocycles. The van der Waals surface area contributed by atoms with Gasteiger partial charge in [-0.15, -0.1) is 0 Å². The molecule has 1 aromatic carbocycles. The summed E-state index contributed by atoms with van der Waals surface area (Å²) in [6.07, 6.45) is 2.88. The van der Waals surface area contributed by atoms with Gasteiger partial charge in [0.05, 0.1) is 17.7 Å². The number of hydrogen-bond donors (Lipinski definition) is 1. The second-order valence-corrected chi connectivity index (χ2v) is 9.71. The second-order valence-electron chi connectivity index (χ2n) is 9.71. The number of esters is 2. The molecular formula is C26H34N2O7. The molecule has 1 saturated heterocycles. The van der Waals surface area contributed by atoms with E-state index in [4.69, 9.17) is 9.47 Å². The van der Waals surface area contributed by atoms with Gasteiger partial charge in [-0.05, 0) is 42.7 Å². The van der Waals surface area contributed by atoms with E-state index >= 15 is 0 Å². The molecule has 9 heteroatoms. The molecule has 0 bridgehead atoms. The van der Waals surface area contributed by atoms with Crippen molar-refractivity contribution in [2.45, 2.75) is 65.4 Å². The van der Waals surface area contributed by atoms with Crippen LogP contribution in [0.4, 0.5) is 5.69 Å². The summed E-state index contributed by atoms with van der Waals surface area (Å²) in [5.74, 6) is -1.27. The van der Waals surface area contributed by atoms with Crippen LogP contribution in [-0.2, 0) is 28.7 Å². The number of para-hydroxylation sites is 1. The largest absolute Gasteiger partial charge is 0.458 e. The van der Waals surface area contributed by atoms with Gasteiger partial charge in [-0.2, -0.15) is 0 Å². The first-order chi connectivity index (χ1) is 16.7. The van der Waals surface area contributed by atoms with Crippen molar-refractivity contribution in [3.8, 4) is 0 Å². The molecular weight excluding hydrogens is 452 g/mol. The highest BCUT2D eigenvalue weighted by Gasteiger charge is 2.34. The lowest BCUT2D eigenvalue weighted by molar-refractivity contribution is -0.148. The van der Waals surface area contributed by atoms with Crippen LogP contribution in [0.2, 0.25) is 0 Å². The van der Waals surface area contributed by atoms with Gasteiger partial charge in [0.15, 0.2) is 6.61 Å². The minimum absolute atomic E-state index is 0.0655. The van der Waals surface area contributed by atoms with Crippen molar-refractivity contribution in [3.05, 3.63) is 29.8 Å². The Morgan fingerprint density at radius 3 is 2.46 bits per heavy atom. The molecule has 1 aliphatic carbocycles. The van der Waals surface area contributed by atoms with Crippen molar-refractivity contribution in [3.63, 3.8) is 0 Å². The molecule has 0 aromatic heterocycles. The topological polar surface area (TPSA) is 119 Å². The number of rotatable bonds is 9. The van der Waals surface area contributed by atoms with Gasteiger partial charge in [0.25, 0.3) is 5.91 Å². The molecule has 3 atom stereocenters. The number of imide groups is 1. The number of ether oxygens (including phenoxy) is 2. The van der Waals surface area contributed by atoms with Gasteiger partial charge < -0.3 is 14.8 Å². The highest BCUT2D eigenvalue weighted by Crippen LogP contribution is 2.36. The van der Waals surface area contributed by atoms with Crippen LogP contribution in [0.3, 0.4) is 0 Å². The highest BCUT2D eigenvalue weighted by molar-refractivity contribution is 6.03. The second kappa shape index (κ2) is 12.0. The van der Waals surface area contributed by atoms with Crippen molar-refractivity contribution in [2.75, 3.05) is 18.5 Å². The van der Waals surface area contributed by atoms with E-state index in [0.29, 0.717) is 17.8 Å². The monoisotopic (exact) mass is 486 g/mol. The number of carbonyl (C=O) groups excluding carboxylic acids is 5. The van der Waals surface area contributed by atoms with Crippen molar-refractivity contribution in [1.82, 2.24) is 4.90 Å². The van der Waals surface area contributed by atoms with Crippen LogP contribution in [0.5, 0.6) is 0 Å². The number of nitrogens with zero attached hydrogens (tertiary/aromatic N) is 1. The van der Waals surface area contributed by atoms with E-state index in [1.165, 1.54) is 0 Å². The van der Waals surface area contributed by atoms with Crippen LogP contribution in [-0.4, -0.2) is 53.8 Å². The molecule has 3 amide bonds. The quantitative estimate of drug-likeness (QED) is 0.420. The molecule has 190 valence electrons. The van der Waals surface area contributed by atoms with E-state index in [2.05, 4.69) is 26.1 Å². The fraction of sp³-hybridized carbons (Fsp3) is 0.577. The van der Waals surface area contributed by atoms with Crippen molar-refractivity contribution >= 4 is 35.3 Å². The summed E-state index contributed by atoms with van der Waals surface area (Å²) in [6.45, 7) is 5.81. The lowest BCUT2D eigenvalue weighted by Gasteiger charge is -2.36. The van der Waals surface area contributed by atoms with Crippen LogP contribution in [0.1, 0.15) is 69.7 Å². The summed E-state index contributed by atoms with van der Waals surface area (Å²) in [4.78, 5) is 61.5. The highest BCUT2D eigenvalue weighted by atomic mass is 16.5. The summed E-state index contributed by atoms with van der Waals surface area (Å²) < 4.78 is 10.9. The molecule has 3 unspecified atom stereocenters. The molecule has 1 N–H and O–H groups in total. The SMILES string of the molecule is CC1CCC(C(C)C)C(OC(=O)c2ccccc2NC(=O)COC(=O)CCN2C(=O)CCC2=O)C1. The Balaban J connectivity index is 1.53. The third kappa shape index (κ3) is 7.13. The maximum absolute atomic E-state index is 13.0. The number of carbonyl (C=O) groups is 5. The van der Waals surface area contributed by atoms with Crippen LogP contribution in [0.25, 0.3) is 0 Å². The zero-order valence-corrected chi connectivity index (χ0v) is 20.6. The first-order valence-electron chi connectivity index (χ1n) is 12.2. The van der Waals surface area contributed by atoms with Gasteiger partial charge >= 0.3 is 11.9 Å². The Kier molecular flexibility index (Phi) is 9.01. The van der Waals surface area contributed by atoms with E-state index in [-0.39, 0.29) is 55.0 Å². The van der Waals surface area contributed by atoms with Gasteiger partial charge in [-0.25, -0.2) is 4.79 Å². The van der Waals surface area contributed by atoms with Crippen LogP contribution in [0.15, 0.2) is 24.3 Å². The predicted molar refractivity (Wildman–Crippen MR) is 127 cm³/mol. The van der Waals surface area contributed by atoms with Crippen LogP contribution >= 0.6 is 0 Å². The Bertz CT molecular complexity index is 958. The van der Waals surface area contributed by atoms with E-state index in [1.54, 1.807) is 24.3 Å². The number of likely N-dealkylation sites (tertiary alicyclic amines) is 1. The summed E-state index contributed by atoms with van der Waals surface area (Å²) >= 11 is 0.